The molecule has 0 atom stereocenters. The SMILES string of the molecule is O=P(=O)OP(=O)=O.O=P(=O)[O-].O=P(=O)[O-].O=P(=O)[O-].O=P(=O)[O-].[O]=[Fe+].[O]=[Fe+].[O]=[Fe+].[O]=[Fe+]. The molecule has 0 aromatic carbocycles. The van der Waals surface area contributed by atoms with E-state index in [-0.39, 0.29) is 0 Å². The van der Waals surface area contributed by atoms with Crippen molar-refractivity contribution in [2.45, 2.75) is 0 Å². The van der Waals surface area contributed by atoms with E-state index in [9.17, 15) is 18.3 Å². The molecule has 0 radical (unpaired) electrons. The van der Waals surface area contributed by atoms with E-state index < -0.39 is 47.4 Å². The Bertz CT molecular complexity index is 605. The second-order valence-corrected chi connectivity index (χ2v) is 4.76. The molecule has 31 heavy (non-hydrogen) atoms. The summed E-state index contributed by atoms with van der Waals surface area (Å²) in [6.07, 6.45) is 0. The monoisotopic (exact) mass is 745 g/mol. The second kappa shape index (κ2) is 69.8. The predicted molar refractivity (Wildman–Crippen MR) is 53.6 cm³/mol. The van der Waals surface area contributed by atoms with Gasteiger partial charge in [0.15, 0.2) is 0 Å². The van der Waals surface area contributed by atoms with Crippen molar-refractivity contribution < 1.29 is 158 Å². The van der Waals surface area contributed by atoms with E-state index in [0.717, 1.165) is 0 Å². The topological polar surface area (TPSA) is 375 Å². The summed E-state index contributed by atoms with van der Waals surface area (Å²) in [7, 11) is -20.0. The molecule has 0 fully saturated rings. The maximum absolute atomic E-state index is 9.24. The van der Waals surface area contributed by atoms with Gasteiger partial charge in [-0.05, 0) is 0 Å². The molecule has 0 bridgehead atoms. The maximum atomic E-state index is 9.24. The molecule has 0 amide bonds. The van der Waals surface area contributed by atoms with Gasteiger partial charge in [0, 0.05) is 0 Å². The van der Waals surface area contributed by atoms with Crippen LogP contribution in [0.15, 0.2) is 0 Å². The van der Waals surface area contributed by atoms with Gasteiger partial charge in [-0.1, -0.05) is 0 Å². The molecule has 0 aliphatic heterocycles. The summed E-state index contributed by atoms with van der Waals surface area (Å²) in [5.41, 5.74) is 0. The molecule has 31 heteroatoms. The van der Waals surface area contributed by atoms with Crippen LogP contribution in [0.3, 0.4) is 0 Å². The molecular formula is Fe4O21P6. The third-order valence-corrected chi connectivity index (χ3v) is 1.20. The van der Waals surface area contributed by atoms with E-state index in [4.69, 9.17) is 71.4 Å². The Labute approximate surface area is 204 Å². The molecule has 0 N–H and O–H groups in total. The molecule has 0 rings (SSSR count). The second-order valence-electron chi connectivity index (χ2n) is 1.42. The van der Waals surface area contributed by atoms with Crippen molar-refractivity contribution in [3.8, 4) is 0 Å². The fourth-order valence-corrected chi connectivity index (χ4v) is 0.490. The summed E-state index contributed by atoms with van der Waals surface area (Å²) < 4.78 is 140. The van der Waals surface area contributed by atoms with Gasteiger partial charge in [0.05, 0.1) is 0 Å². The van der Waals surface area contributed by atoms with Gasteiger partial charge in [-0.3, -0.25) is 36.5 Å². The molecule has 0 aromatic rings. The van der Waals surface area contributed by atoms with Crippen molar-refractivity contribution >= 4 is 47.4 Å². The molecule has 188 valence electrons. The van der Waals surface area contributed by atoms with Crippen LogP contribution in [0, 0.1) is 0 Å². The van der Waals surface area contributed by atoms with Crippen molar-refractivity contribution in [1.82, 2.24) is 0 Å². The van der Waals surface area contributed by atoms with Crippen molar-refractivity contribution in [1.29, 1.82) is 0 Å². The Balaban J connectivity index is -0.0000000262. The fraction of sp³-hybridized carbons (Fsp3) is 0. The summed E-state index contributed by atoms with van der Waals surface area (Å²) in [6.45, 7) is 0. The van der Waals surface area contributed by atoms with Gasteiger partial charge in [-0.25, -0.2) is 18.3 Å². The molecule has 0 spiro atoms. The number of hydrogen-bond donors (Lipinski definition) is 0. The molecule has 0 aromatic heterocycles. The summed E-state index contributed by atoms with van der Waals surface area (Å²) >= 11 is 8.00. The summed E-state index contributed by atoms with van der Waals surface area (Å²) in [6, 6.07) is 0. The predicted octanol–water partition coefficient (Wildman–Crippen LogP) is -1.57. The third kappa shape index (κ3) is 1230. The van der Waals surface area contributed by atoms with Crippen LogP contribution in [-0.2, 0) is 138 Å². The van der Waals surface area contributed by atoms with Crippen molar-refractivity contribution in [2.75, 3.05) is 0 Å². The van der Waals surface area contributed by atoms with E-state index >= 15 is 0 Å². The quantitative estimate of drug-likeness (QED) is 0.227. The normalized spacial score (nSPS) is 5.55. The molecule has 0 aliphatic carbocycles. The Morgan fingerprint density at radius 3 is 0.419 bits per heavy atom. The zero-order valence-electron chi connectivity index (χ0n) is 12.7. The van der Waals surface area contributed by atoms with Crippen LogP contribution in [0.1, 0.15) is 0 Å². The molecule has 0 saturated heterocycles. The van der Waals surface area contributed by atoms with E-state index in [0.29, 0.717) is 0 Å². The van der Waals surface area contributed by atoms with Crippen LogP contribution in [0.2, 0.25) is 0 Å². The van der Waals surface area contributed by atoms with Gasteiger partial charge in [0.2, 0.25) is 31.6 Å². The van der Waals surface area contributed by atoms with Crippen LogP contribution in [0.25, 0.3) is 0 Å². The van der Waals surface area contributed by atoms with E-state index in [1.807, 2.05) is 63.8 Å². The number of rotatable bonds is 2. The summed E-state index contributed by atoms with van der Waals surface area (Å²) in [5.74, 6) is 0. The molecular weight excluding hydrogens is 745 g/mol. The van der Waals surface area contributed by atoms with E-state index in [2.05, 4.69) is 4.31 Å². The zero-order chi connectivity index (χ0) is 28.2. The Morgan fingerprint density at radius 2 is 0.419 bits per heavy atom. The summed E-state index contributed by atoms with van der Waals surface area (Å²) in [4.78, 5) is 33.9. The van der Waals surface area contributed by atoms with Crippen LogP contribution >= 0.6 is 47.4 Å². The van der Waals surface area contributed by atoms with E-state index in [1.165, 1.54) is 0 Å². The zero-order valence-corrected chi connectivity index (χ0v) is 22.5. The molecule has 0 aliphatic rings. The molecule has 0 heterocycles. The van der Waals surface area contributed by atoms with Crippen molar-refractivity contribution in [2.24, 2.45) is 0 Å². The minimum atomic E-state index is -3.37. The fourth-order valence-electron chi connectivity index (χ4n) is 0.0544. The van der Waals surface area contributed by atoms with Crippen molar-refractivity contribution in [3.63, 3.8) is 0 Å². The molecule has 0 saturated carbocycles. The Hall–Kier alpha value is 0.478. The van der Waals surface area contributed by atoms with Gasteiger partial charge < -0.3 is 19.6 Å². The Morgan fingerprint density at radius 1 is 0.355 bits per heavy atom. The first-order chi connectivity index (χ1) is 14.1. The van der Waals surface area contributed by atoms with Crippen LogP contribution in [-0.4, -0.2) is 0 Å². The first-order valence-electron chi connectivity index (χ1n) is 3.86. The van der Waals surface area contributed by atoms with Gasteiger partial charge >= 0.3 is 94.9 Å². The van der Waals surface area contributed by atoms with Crippen LogP contribution in [0.4, 0.5) is 0 Å². The van der Waals surface area contributed by atoms with Crippen molar-refractivity contribution in [3.05, 3.63) is 0 Å². The molecule has 21 nitrogen and oxygen atoms in total. The van der Waals surface area contributed by atoms with Gasteiger partial charge in [0.25, 0.3) is 0 Å². The van der Waals surface area contributed by atoms with E-state index in [1.54, 1.807) is 0 Å². The standard InChI is InChI=1S/4Fe.O5P2.4HO3P.4O/c;;;;1-6(2)5-7(3)4;4*1-4(2)3;;;;/h;;;;;4*(H,1,2,3);;;;/q4*+1;;;;;;;;;/p-4. The average molecular weight is 745 g/mol. The van der Waals surface area contributed by atoms with Gasteiger partial charge in [-0.15, -0.1) is 0 Å². The van der Waals surface area contributed by atoms with Crippen LogP contribution in [0.5, 0.6) is 0 Å². The third-order valence-electron chi connectivity index (χ3n) is 0.133. The van der Waals surface area contributed by atoms with Crippen LogP contribution < -0.4 is 19.6 Å². The Kier molecular flexibility index (Phi) is 130. The average Bonchev–Trinajstić information content (AvgIpc) is 2.59. The van der Waals surface area contributed by atoms with Gasteiger partial charge in [0.1, 0.15) is 0 Å². The first kappa shape index (κ1) is 57.9. The van der Waals surface area contributed by atoms with Gasteiger partial charge in [-0.2, -0.15) is 4.31 Å². The minimum absolute atomic E-state index is 2.00. The first-order valence-corrected chi connectivity index (χ1v) is 12.2. The molecule has 0 unspecified atom stereocenters. The summed E-state index contributed by atoms with van der Waals surface area (Å²) in [5, 5.41) is 0. The number of hydrogen-bond acceptors (Lipinski definition) is 21.